The van der Waals surface area contributed by atoms with Crippen LogP contribution < -0.4 is 0 Å². The fraction of sp³-hybridized carbons (Fsp3) is 0.172. The SMILES string of the molecule is C=CC1(C)c2cc(C)ccc2-c2cc3c(cc21)-c1ccc(C)cc1C3(C=C)C=C. The van der Waals surface area contributed by atoms with Crippen molar-refractivity contribution in [2.75, 3.05) is 0 Å². The molecule has 0 nitrogen and oxygen atoms in total. The lowest BCUT2D eigenvalue weighted by Gasteiger charge is -2.26. The molecule has 3 aromatic carbocycles. The summed E-state index contributed by atoms with van der Waals surface area (Å²) in [5.41, 5.74) is 12.4. The minimum absolute atomic E-state index is 0.190. The molecule has 0 aromatic heterocycles. The van der Waals surface area contributed by atoms with E-state index in [1.54, 1.807) is 0 Å². The minimum Gasteiger partial charge on any atom is -0.102 e. The van der Waals surface area contributed by atoms with Crippen molar-refractivity contribution < 1.29 is 0 Å². The molecular weight excluding hydrogens is 348 g/mol. The highest BCUT2D eigenvalue weighted by atomic mass is 14.5. The van der Waals surface area contributed by atoms with Gasteiger partial charge in [-0.3, -0.25) is 0 Å². The minimum atomic E-state index is -0.357. The second kappa shape index (κ2) is 5.70. The molecule has 0 heterocycles. The molecule has 29 heavy (non-hydrogen) atoms. The fourth-order valence-corrected chi connectivity index (χ4v) is 5.41. The molecule has 5 rings (SSSR count). The van der Waals surface area contributed by atoms with Gasteiger partial charge in [0.05, 0.1) is 5.41 Å². The van der Waals surface area contributed by atoms with Crippen LogP contribution in [-0.2, 0) is 10.8 Å². The molecule has 0 radical (unpaired) electrons. The van der Waals surface area contributed by atoms with Gasteiger partial charge < -0.3 is 0 Å². The number of rotatable bonds is 3. The maximum atomic E-state index is 4.22. The monoisotopic (exact) mass is 374 g/mol. The first-order valence-electron chi connectivity index (χ1n) is 10.2. The molecule has 2 aliphatic carbocycles. The van der Waals surface area contributed by atoms with E-state index < -0.39 is 0 Å². The molecule has 1 atom stereocenters. The Labute approximate surface area is 173 Å². The van der Waals surface area contributed by atoms with Crippen molar-refractivity contribution >= 4 is 0 Å². The zero-order valence-electron chi connectivity index (χ0n) is 17.5. The van der Waals surface area contributed by atoms with Gasteiger partial charge in [0, 0.05) is 5.41 Å². The van der Waals surface area contributed by atoms with Crippen LogP contribution in [0.25, 0.3) is 22.3 Å². The maximum absolute atomic E-state index is 4.22. The smallest absolute Gasteiger partial charge is 0.0570 e. The first-order chi connectivity index (χ1) is 13.9. The number of hydrogen-bond donors (Lipinski definition) is 0. The molecule has 0 spiro atoms. The van der Waals surface area contributed by atoms with Gasteiger partial charge in [-0.1, -0.05) is 65.8 Å². The molecule has 0 amide bonds. The van der Waals surface area contributed by atoms with Gasteiger partial charge in [-0.2, -0.15) is 0 Å². The van der Waals surface area contributed by atoms with E-state index in [0.29, 0.717) is 0 Å². The Morgan fingerprint density at radius 2 is 1.03 bits per heavy atom. The van der Waals surface area contributed by atoms with Crippen molar-refractivity contribution in [2.45, 2.75) is 31.6 Å². The number of fused-ring (bicyclic) bond motifs is 6. The summed E-state index contributed by atoms with van der Waals surface area (Å²) in [5, 5.41) is 0. The van der Waals surface area contributed by atoms with Crippen molar-refractivity contribution in [2.24, 2.45) is 0 Å². The van der Waals surface area contributed by atoms with Crippen molar-refractivity contribution in [3.63, 3.8) is 0 Å². The van der Waals surface area contributed by atoms with Crippen molar-refractivity contribution in [1.29, 1.82) is 0 Å². The highest BCUT2D eigenvalue weighted by molar-refractivity contribution is 5.91. The Hall–Kier alpha value is -3.12. The Balaban J connectivity index is 1.90. The molecule has 0 bridgehead atoms. The topological polar surface area (TPSA) is 0 Å². The van der Waals surface area contributed by atoms with E-state index in [2.05, 4.69) is 95.1 Å². The van der Waals surface area contributed by atoms with Crippen LogP contribution in [0.5, 0.6) is 0 Å². The molecule has 0 fully saturated rings. The summed E-state index contributed by atoms with van der Waals surface area (Å²) in [5.74, 6) is 0. The first-order valence-corrected chi connectivity index (χ1v) is 10.2. The van der Waals surface area contributed by atoms with Gasteiger partial charge in [0.2, 0.25) is 0 Å². The first kappa shape index (κ1) is 17.9. The Kier molecular flexibility index (Phi) is 3.53. The number of hydrogen-bond acceptors (Lipinski definition) is 0. The third kappa shape index (κ3) is 2.04. The normalized spacial score (nSPS) is 19.7. The largest absolute Gasteiger partial charge is 0.102 e. The van der Waals surface area contributed by atoms with E-state index in [4.69, 9.17) is 0 Å². The molecule has 2 aliphatic rings. The summed E-state index contributed by atoms with van der Waals surface area (Å²) in [6.45, 7) is 19.3. The van der Waals surface area contributed by atoms with Crippen LogP contribution in [0.15, 0.2) is 86.5 Å². The average Bonchev–Trinajstić information content (AvgIpc) is 3.13. The number of benzene rings is 3. The van der Waals surface area contributed by atoms with Crippen LogP contribution in [0, 0.1) is 13.8 Å². The zero-order chi connectivity index (χ0) is 20.6. The number of aryl methyl sites for hydroxylation is 2. The average molecular weight is 375 g/mol. The van der Waals surface area contributed by atoms with Crippen LogP contribution >= 0.6 is 0 Å². The molecule has 0 N–H and O–H groups in total. The second-order valence-corrected chi connectivity index (χ2v) is 8.73. The predicted octanol–water partition coefficient (Wildman–Crippen LogP) is 7.41. The lowest BCUT2D eigenvalue weighted by atomic mass is 9.76. The lowest BCUT2D eigenvalue weighted by Crippen LogP contribution is -2.19. The van der Waals surface area contributed by atoms with Gasteiger partial charge in [0.25, 0.3) is 0 Å². The lowest BCUT2D eigenvalue weighted by molar-refractivity contribution is 0.748. The summed E-state index contributed by atoms with van der Waals surface area (Å²) in [7, 11) is 0. The van der Waals surface area contributed by atoms with E-state index >= 15 is 0 Å². The Bertz CT molecular complexity index is 1230. The van der Waals surface area contributed by atoms with E-state index in [0.717, 1.165) is 0 Å². The van der Waals surface area contributed by atoms with Crippen LogP contribution in [0.1, 0.15) is 40.3 Å². The van der Waals surface area contributed by atoms with Crippen molar-refractivity contribution in [3.05, 3.63) is 120 Å². The molecule has 1 unspecified atom stereocenters. The van der Waals surface area contributed by atoms with E-state index in [1.807, 2.05) is 12.2 Å². The van der Waals surface area contributed by atoms with Crippen LogP contribution in [-0.4, -0.2) is 0 Å². The fourth-order valence-electron chi connectivity index (χ4n) is 5.41. The summed E-state index contributed by atoms with van der Waals surface area (Å²) >= 11 is 0. The summed E-state index contributed by atoms with van der Waals surface area (Å²) in [6.07, 6.45) is 6.20. The van der Waals surface area contributed by atoms with Gasteiger partial charge in [0.15, 0.2) is 0 Å². The van der Waals surface area contributed by atoms with Gasteiger partial charge in [-0.05, 0) is 77.4 Å². The summed E-state index contributed by atoms with van der Waals surface area (Å²) < 4.78 is 0. The van der Waals surface area contributed by atoms with Gasteiger partial charge in [-0.25, -0.2) is 0 Å². The third-order valence-corrected chi connectivity index (χ3v) is 7.15. The second-order valence-electron chi connectivity index (χ2n) is 8.73. The highest BCUT2D eigenvalue weighted by Gasteiger charge is 2.43. The Morgan fingerprint density at radius 1 is 0.586 bits per heavy atom. The quantitative estimate of drug-likeness (QED) is 0.419. The van der Waals surface area contributed by atoms with Crippen molar-refractivity contribution in [1.82, 2.24) is 0 Å². The maximum Gasteiger partial charge on any atom is 0.0570 e. The van der Waals surface area contributed by atoms with E-state index in [9.17, 15) is 0 Å². The van der Waals surface area contributed by atoms with Crippen LogP contribution in [0.2, 0.25) is 0 Å². The molecular formula is C29H26. The van der Waals surface area contributed by atoms with Crippen molar-refractivity contribution in [3.8, 4) is 22.3 Å². The molecule has 0 saturated carbocycles. The highest BCUT2D eigenvalue weighted by Crippen LogP contribution is 2.57. The number of allylic oxidation sites excluding steroid dienone is 3. The predicted molar refractivity (Wildman–Crippen MR) is 125 cm³/mol. The van der Waals surface area contributed by atoms with Crippen LogP contribution in [0.3, 0.4) is 0 Å². The van der Waals surface area contributed by atoms with Crippen LogP contribution in [0.4, 0.5) is 0 Å². The standard InChI is InChI=1S/C29H26/c1-7-28(6)24-14-18(4)10-12-20(24)22-17-27-23(16-25(22)28)21-13-11-19(5)15-26(21)29(27,8-2)9-3/h7-17H,1-3H2,4-6H3. The summed E-state index contributed by atoms with van der Waals surface area (Å²) in [6, 6.07) is 18.3. The molecule has 142 valence electrons. The molecule has 0 aliphatic heterocycles. The Morgan fingerprint density at radius 3 is 1.62 bits per heavy atom. The van der Waals surface area contributed by atoms with E-state index in [-0.39, 0.29) is 10.8 Å². The third-order valence-electron chi connectivity index (χ3n) is 7.15. The molecule has 0 saturated heterocycles. The molecule has 0 heteroatoms. The zero-order valence-corrected chi connectivity index (χ0v) is 17.5. The van der Waals surface area contributed by atoms with Gasteiger partial charge in [0.1, 0.15) is 0 Å². The van der Waals surface area contributed by atoms with E-state index in [1.165, 1.54) is 55.6 Å². The summed E-state index contributed by atoms with van der Waals surface area (Å²) in [4.78, 5) is 0. The van der Waals surface area contributed by atoms with Gasteiger partial charge in [-0.15, -0.1) is 19.7 Å². The van der Waals surface area contributed by atoms with Gasteiger partial charge >= 0.3 is 0 Å². The molecule has 3 aromatic rings.